The Kier molecular flexibility index (Phi) is 5.01. The average molecular weight is 363 g/mol. The highest BCUT2D eigenvalue weighted by Gasteiger charge is 2.62. The Bertz CT molecular complexity index is 514. The smallest absolute Gasteiger partial charge is 0.0622 e. The summed E-state index contributed by atoms with van der Waals surface area (Å²) < 4.78 is 6.15. The Balaban J connectivity index is 1.63. The predicted molar refractivity (Wildman–Crippen MR) is 107 cm³/mol. The van der Waals surface area contributed by atoms with Gasteiger partial charge in [0.1, 0.15) is 0 Å². The Morgan fingerprint density at radius 3 is 2.46 bits per heavy atom. The molecular weight excluding hydrogens is 320 g/mol. The van der Waals surface area contributed by atoms with E-state index < -0.39 is 5.60 Å². The number of fused-ring (bicyclic) bond motifs is 5. The van der Waals surface area contributed by atoms with Crippen molar-refractivity contribution in [2.45, 2.75) is 97.5 Å². The lowest BCUT2D eigenvalue weighted by molar-refractivity contribution is -0.177. The summed E-state index contributed by atoms with van der Waals surface area (Å²) in [6.45, 7) is 11.1. The van der Waals surface area contributed by atoms with Crippen LogP contribution in [0.5, 0.6) is 0 Å². The van der Waals surface area contributed by atoms with Crippen LogP contribution in [0, 0.1) is 40.4 Å². The highest BCUT2D eigenvalue weighted by Crippen LogP contribution is 2.68. The molecule has 4 aliphatic carbocycles. The van der Waals surface area contributed by atoms with E-state index in [9.17, 15) is 5.11 Å². The molecule has 4 saturated carbocycles. The zero-order chi connectivity index (χ0) is 18.6. The molecule has 0 aromatic carbocycles. The van der Waals surface area contributed by atoms with Gasteiger partial charge in [0, 0.05) is 6.61 Å². The molecule has 0 amide bonds. The van der Waals surface area contributed by atoms with Crippen LogP contribution >= 0.6 is 0 Å². The maximum atomic E-state index is 10.8. The van der Waals surface area contributed by atoms with Gasteiger partial charge in [-0.2, -0.15) is 0 Å². The van der Waals surface area contributed by atoms with Crippen LogP contribution in [0.2, 0.25) is 0 Å². The molecule has 150 valence electrons. The zero-order valence-electron chi connectivity index (χ0n) is 17.7. The summed E-state index contributed by atoms with van der Waals surface area (Å²) in [4.78, 5) is 0. The fraction of sp³-hybridized carbons (Fsp3) is 1.00. The zero-order valence-corrected chi connectivity index (χ0v) is 17.7. The number of ether oxygens (including phenoxy) is 1. The van der Waals surface area contributed by atoms with Gasteiger partial charge >= 0.3 is 0 Å². The van der Waals surface area contributed by atoms with E-state index in [2.05, 4.69) is 27.7 Å². The van der Waals surface area contributed by atoms with E-state index in [1.54, 1.807) is 0 Å². The molecule has 0 saturated heterocycles. The van der Waals surface area contributed by atoms with Crippen molar-refractivity contribution in [1.29, 1.82) is 0 Å². The Morgan fingerprint density at radius 1 is 0.923 bits per heavy atom. The average Bonchev–Trinajstić information content (AvgIpc) is 2.96. The lowest BCUT2D eigenvalue weighted by Crippen LogP contribution is -2.58. The topological polar surface area (TPSA) is 29.5 Å². The van der Waals surface area contributed by atoms with Crippen molar-refractivity contribution in [1.82, 2.24) is 0 Å². The second-order valence-corrected chi connectivity index (χ2v) is 10.9. The molecular formula is C24H42O2. The minimum absolute atomic E-state index is 0.354. The lowest BCUT2D eigenvalue weighted by atomic mass is 9.43. The molecule has 26 heavy (non-hydrogen) atoms. The van der Waals surface area contributed by atoms with Gasteiger partial charge < -0.3 is 9.84 Å². The van der Waals surface area contributed by atoms with E-state index >= 15 is 0 Å². The van der Waals surface area contributed by atoms with Crippen LogP contribution in [0.3, 0.4) is 0 Å². The molecule has 4 rings (SSSR count). The maximum Gasteiger partial charge on any atom is 0.0622 e. The first kappa shape index (κ1) is 19.2. The van der Waals surface area contributed by atoms with Gasteiger partial charge in [-0.25, -0.2) is 0 Å². The minimum atomic E-state index is -0.447. The molecule has 0 radical (unpaired) electrons. The predicted octanol–water partition coefficient (Wildman–Crippen LogP) is 5.82. The molecule has 0 aliphatic heterocycles. The molecule has 0 aromatic heterocycles. The summed E-state index contributed by atoms with van der Waals surface area (Å²) in [5.74, 6) is 4.35. The fourth-order valence-corrected chi connectivity index (χ4v) is 8.59. The highest BCUT2D eigenvalue weighted by molar-refractivity contribution is 5.11. The van der Waals surface area contributed by atoms with E-state index in [1.165, 1.54) is 51.4 Å². The van der Waals surface area contributed by atoms with Gasteiger partial charge in [0.05, 0.1) is 12.2 Å². The molecule has 0 heterocycles. The normalized spacial score (nSPS) is 53.7. The summed E-state index contributed by atoms with van der Waals surface area (Å²) in [5.41, 5.74) is 0.513. The third kappa shape index (κ3) is 2.81. The van der Waals surface area contributed by atoms with Gasteiger partial charge in [0.15, 0.2) is 0 Å². The van der Waals surface area contributed by atoms with Gasteiger partial charge in [-0.15, -0.1) is 0 Å². The first-order valence-electron chi connectivity index (χ1n) is 11.7. The summed E-state index contributed by atoms with van der Waals surface area (Å²) in [6.07, 6.45) is 13.1. The van der Waals surface area contributed by atoms with E-state index in [4.69, 9.17) is 4.74 Å². The van der Waals surface area contributed by atoms with E-state index in [0.29, 0.717) is 16.7 Å². The van der Waals surface area contributed by atoms with Crippen molar-refractivity contribution in [2.24, 2.45) is 40.4 Å². The first-order chi connectivity index (χ1) is 12.4. The van der Waals surface area contributed by atoms with Gasteiger partial charge in [0.2, 0.25) is 0 Å². The van der Waals surface area contributed by atoms with Crippen molar-refractivity contribution < 1.29 is 9.84 Å². The Labute approximate surface area is 161 Å². The van der Waals surface area contributed by atoms with Crippen LogP contribution in [0.25, 0.3) is 0 Å². The molecule has 0 aromatic rings. The van der Waals surface area contributed by atoms with E-state index in [-0.39, 0.29) is 0 Å². The number of rotatable bonds is 4. The molecule has 4 aliphatic rings. The summed E-state index contributed by atoms with van der Waals surface area (Å²) in [7, 11) is 0. The third-order valence-electron chi connectivity index (χ3n) is 9.92. The molecule has 1 N–H and O–H groups in total. The van der Waals surface area contributed by atoms with E-state index in [0.717, 1.165) is 49.7 Å². The largest absolute Gasteiger partial charge is 0.390 e. The first-order valence-corrected chi connectivity index (χ1v) is 11.7. The van der Waals surface area contributed by atoms with Crippen LogP contribution in [0.1, 0.15) is 91.9 Å². The highest BCUT2D eigenvalue weighted by atomic mass is 16.5. The third-order valence-corrected chi connectivity index (χ3v) is 9.92. The molecule has 0 bridgehead atoms. The number of hydrogen-bond acceptors (Lipinski definition) is 2. The summed E-state index contributed by atoms with van der Waals surface area (Å²) >= 11 is 0. The molecule has 2 heteroatoms. The lowest BCUT2D eigenvalue weighted by Gasteiger charge is -2.62. The Hall–Kier alpha value is -0.0800. The van der Waals surface area contributed by atoms with Gasteiger partial charge in [-0.05, 0) is 112 Å². The second-order valence-electron chi connectivity index (χ2n) is 10.9. The number of hydrogen-bond donors (Lipinski definition) is 1. The molecule has 4 fully saturated rings. The van der Waals surface area contributed by atoms with Crippen LogP contribution in [0.4, 0.5) is 0 Å². The van der Waals surface area contributed by atoms with E-state index in [1.807, 2.05) is 0 Å². The molecule has 8 atom stereocenters. The van der Waals surface area contributed by atoms with Crippen LogP contribution in [-0.2, 0) is 4.74 Å². The van der Waals surface area contributed by atoms with Crippen molar-refractivity contribution in [2.75, 3.05) is 13.2 Å². The molecule has 2 nitrogen and oxygen atoms in total. The van der Waals surface area contributed by atoms with Gasteiger partial charge in [-0.1, -0.05) is 20.3 Å². The molecule has 0 spiro atoms. The van der Waals surface area contributed by atoms with Crippen molar-refractivity contribution in [3.63, 3.8) is 0 Å². The van der Waals surface area contributed by atoms with Gasteiger partial charge in [-0.3, -0.25) is 0 Å². The molecule has 8 unspecified atom stereocenters. The standard InChI is InChI=1S/C24H42O2/c1-5-17-8-10-20-19-9-7-18-15-22(3,25)13-14-24(18,16-26-6-2)21(19)11-12-23(17,20)4/h17-21,25H,5-16H2,1-4H3. The van der Waals surface area contributed by atoms with Crippen LogP contribution in [-0.4, -0.2) is 23.9 Å². The summed E-state index contributed by atoms with van der Waals surface area (Å²) in [6, 6.07) is 0. The van der Waals surface area contributed by atoms with Crippen LogP contribution in [0.15, 0.2) is 0 Å². The number of aliphatic hydroxyl groups is 1. The Morgan fingerprint density at radius 2 is 1.73 bits per heavy atom. The van der Waals surface area contributed by atoms with Crippen molar-refractivity contribution >= 4 is 0 Å². The summed E-state index contributed by atoms with van der Waals surface area (Å²) in [5, 5.41) is 10.8. The van der Waals surface area contributed by atoms with Gasteiger partial charge in [0.25, 0.3) is 0 Å². The maximum absolute atomic E-state index is 10.8. The SMILES string of the molecule is CCOCC12CCC(C)(O)CC1CCC1C3CCC(CC)C3(C)CCC12. The van der Waals surface area contributed by atoms with Crippen molar-refractivity contribution in [3.8, 4) is 0 Å². The van der Waals surface area contributed by atoms with Crippen molar-refractivity contribution in [3.05, 3.63) is 0 Å². The fourth-order valence-electron chi connectivity index (χ4n) is 8.59. The second kappa shape index (κ2) is 6.76. The monoisotopic (exact) mass is 362 g/mol. The van der Waals surface area contributed by atoms with Crippen LogP contribution < -0.4 is 0 Å². The minimum Gasteiger partial charge on any atom is -0.390 e. The quantitative estimate of drug-likeness (QED) is 0.682.